The summed E-state index contributed by atoms with van der Waals surface area (Å²) >= 11 is 0. The van der Waals surface area contributed by atoms with E-state index in [9.17, 15) is 13.2 Å². The van der Waals surface area contributed by atoms with Crippen LogP contribution >= 0.6 is 0 Å². The maximum Gasteiger partial charge on any atom is 0.416 e. The zero-order valence-electron chi connectivity index (χ0n) is 33.8. The van der Waals surface area contributed by atoms with Gasteiger partial charge in [0, 0.05) is 33.4 Å². The minimum absolute atomic E-state index is 0.269. The van der Waals surface area contributed by atoms with Gasteiger partial charge in [-0.3, -0.25) is 0 Å². The van der Waals surface area contributed by atoms with Gasteiger partial charge >= 0.3 is 6.18 Å². The van der Waals surface area contributed by atoms with E-state index in [4.69, 9.17) is 29.9 Å². The second-order valence-corrected chi connectivity index (χ2v) is 15.2. The highest BCUT2D eigenvalue weighted by atomic mass is 19.4. The van der Waals surface area contributed by atoms with Gasteiger partial charge in [0.25, 0.3) is 0 Å². The number of benzene rings is 8. The van der Waals surface area contributed by atoms with Crippen LogP contribution in [-0.2, 0) is 6.18 Å². The molecule has 0 atom stereocenters. The quantitative estimate of drug-likeness (QED) is 0.152. The molecule has 0 N–H and O–H groups in total. The zero-order chi connectivity index (χ0) is 42.9. The van der Waals surface area contributed by atoms with Gasteiger partial charge in [0.05, 0.1) is 5.56 Å². The van der Waals surface area contributed by atoms with Gasteiger partial charge in [-0.2, -0.15) is 13.2 Å². The van der Waals surface area contributed by atoms with E-state index in [1.807, 2.05) is 109 Å². The largest absolute Gasteiger partial charge is 0.416 e. The number of nitrogens with zero attached hydrogens (tertiary/aromatic N) is 6. The summed E-state index contributed by atoms with van der Waals surface area (Å²) < 4.78 is 40.4. The first-order chi connectivity index (χ1) is 30.7. The summed E-state index contributed by atoms with van der Waals surface area (Å²) in [5.74, 6) is 2.83. The van der Waals surface area contributed by atoms with Gasteiger partial charge in [0.2, 0.25) is 0 Å². The molecule has 6 nitrogen and oxygen atoms in total. The van der Waals surface area contributed by atoms with E-state index >= 15 is 0 Å². The first-order valence-electron chi connectivity index (χ1n) is 20.3. The summed E-state index contributed by atoms with van der Waals surface area (Å²) in [6.07, 6.45) is -4.46. The zero-order valence-corrected chi connectivity index (χ0v) is 33.8. The Labute approximate surface area is 361 Å². The molecule has 0 unspecified atom stereocenters. The first kappa shape index (κ1) is 39.0. The van der Waals surface area contributed by atoms with Crippen LogP contribution in [0.25, 0.3) is 101 Å². The lowest BCUT2D eigenvalue weighted by molar-refractivity contribution is -0.137. The van der Waals surface area contributed by atoms with Crippen molar-refractivity contribution in [2.45, 2.75) is 13.1 Å². The fourth-order valence-electron chi connectivity index (χ4n) is 7.69. The van der Waals surface area contributed by atoms with Crippen molar-refractivity contribution in [3.63, 3.8) is 0 Å². The molecule has 0 saturated carbocycles. The Morgan fingerprint density at radius 1 is 0.317 bits per heavy atom. The molecule has 10 rings (SSSR count). The van der Waals surface area contributed by atoms with Crippen LogP contribution in [0.15, 0.2) is 194 Å². The molecule has 0 aliphatic rings. The van der Waals surface area contributed by atoms with Crippen LogP contribution in [0, 0.1) is 6.92 Å². The molecular weight excluding hydrogens is 790 g/mol. The van der Waals surface area contributed by atoms with Gasteiger partial charge in [0.1, 0.15) is 0 Å². The predicted molar refractivity (Wildman–Crippen MR) is 244 cm³/mol. The van der Waals surface area contributed by atoms with Crippen molar-refractivity contribution in [1.82, 2.24) is 29.9 Å². The summed E-state index contributed by atoms with van der Waals surface area (Å²) in [6, 6.07) is 61.3. The lowest BCUT2D eigenvalue weighted by atomic mass is 9.90. The average Bonchev–Trinajstić information content (AvgIpc) is 3.34. The molecule has 302 valence electrons. The Morgan fingerprint density at radius 2 is 0.651 bits per heavy atom. The Balaban J connectivity index is 1.07. The number of aryl methyl sites for hydroxylation is 1. The Hall–Kier alpha value is -8.17. The van der Waals surface area contributed by atoms with Gasteiger partial charge in [-0.1, -0.05) is 175 Å². The van der Waals surface area contributed by atoms with Crippen molar-refractivity contribution in [2.24, 2.45) is 0 Å². The SMILES string of the molecule is Cc1ccc(-c2nc(-c3ccccc3)nc(-c3cccc(-c4cccc5cccc(-c6cccc(-c7nc(-c8ccccc8)nc(-c8ccc(C(F)(F)F)cc8)n7)c6)c45)c3)n2)cc1. The van der Waals surface area contributed by atoms with Gasteiger partial charge in [-0.05, 0) is 64.2 Å². The van der Waals surface area contributed by atoms with E-state index in [1.165, 1.54) is 12.1 Å². The molecule has 0 saturated heterocycles. The molecule has 9 heteroatoms. The number of hydrogen-bond acceptors (Lipinski definition) is 6. The monoisotopic (exact) mass is 824 g/mol. The molecule has 0 amide bonds. The summed E-state index contributed by atoms with van der Waals surface area (Å²) in [6.45, 7) is 2.06. The van der Waals surface area contributed by atoms with E-state index in [0.29, 0.717) is 34.7 Å². The highest BCUT2D eigenvalue weighted by Gasteiger charge is 2.30. The summed E-state index contributed by atoms with van der Waals surface area (Å²) in [5, 5.41) is 2.12. The molecule has 10 aromatic rings. The molecule has 0 fully saturated rings. The Kier molecular flexibility index (Phi) is 10.1. The van der Waals surface area contributed by atoms with Gasteiger partial charge in [-0.25, -0.2) is 29.9 Å². The third kappa shape index (κ3) is 8.07. The fraction of sp³-hybridized carbons (Fsp3) is 0.0370. The molecule has 2 heterocycles. The number of hydrogen-bond donors (Lipinski definition) is 0. The van der Waals surface area contributed by atoms with Crippen molar-refractivity contribution in [2.75, 3.05) is 0 Å². The van der Waals surface area contributed by atoms with Crippen molar-refractivity contribution >= 4 is 10.8 Å². The maximum absolute atomic E-state index is 13.5. The molecule has 0 radical (unpaired) electrons. The van der Waals surface area contributed by atoms with Crippen LogP contribution in [0.5, 0.6) is 0 Å². The van der Waals surface area contributed by atoms with Crippen LogP contribution in [-0.4, -0.2) is 29.9 Å². The van der Waals surface area contributed by atoms with Crippen LogP contribution in [0.3, 0.4) is 0 Å². The molecule has 0 aliphatic heterocycles. The number of fused-ring (bicyclic) bond motifs is 1. The highest BCUT2D eigenvalue weighted by molar-refractivity contribution is 6.07. The second kappa shape index (κ2) is 16.4. The molecule has 0 bridgehead atoms. The summed E-state index contributed by atoms with van der Waals surface area (Å²) in [7, 11) is 0. The topological polar surface area (TPSA) is 77.3 Å². The summed E-state index contributed by atoms with van der Waals surface area (Å²) in [4.78, 5) is 29.3. The average molecular weight is 825 g/mol. The van der Waals surface area contributed by atoms with Gasteiger partial charge < -0.3 is 0 Å². The molecule has 0 spiro atoms. The molecule has 0 aliphatic carbocycles. The Morgan fingerprint density at radius 3 is 1.06 bits per heavy atom. The van der Waals surface area contributed by atoms with E-state index in [1.54, 1.807) is 0 Å². The number of alkyl halides is 3. The van der Waals surface area contributed by atoms with Crippen molar-refractivity contribution in [1.29, 1.82) is 0 Å². The normalized spacial score (nSPS) is 11.5. The lowest BCUT2D eigenvalue weighted by Gasteiger charge is -2.15. The van der Waals surface area contributed by atoms with E-state index in [-0.39, 0.29) is 5.82 Å². The predicted octanol–water partition coefficient (Wildman–Crippen LogP) is 13.9. The number of rotatable bonds is 8. The minimum atomic E-state index is -4.46. The van der Waals surface area contributed by atoms with Crippen LogP contribution in [0.1, 0.15) is 11.1 Å². The first-order valence-corrected chi connectivity index (χ1v) is 20.3. The molecule has 2 aromatic heterocycles. The third-order valence-corrected chi connectivity index (χ3v) is 10.9. The minimum Gasteiger partial charge on any atom is -0.208 e. The standard InChI is InChI=1S/C54H35F3N6/c1-34-24-26-38(27-25-34)50-58-48(36-12-4-2-5-13-36)60-52(62-50)42-20-8-18-40(32-42)45-22-10-16-35-17-11-23-46(47(35)45)41-19-9-21-43(33-41)53-61-49(37-14-6-3-7-15-37)59-51(63-53)39-28-30-44(31-29-39)54(55,56)57/h2-33H,1H3. The Bertz CT molecular complexity index is 3260. The fourth-order valence-corrected chi connectivity index (χ4v) is 7.69. The maximum atomic E-state index is 13.5. The van der Waals surface area contributed by atoms with Crippen LogP contribution in [0.2, 0.25) is 0 Å². The van der Waals surface area contributed by atoms with Crippen molar-refractivity contribution in [3.05, 3.63) is 205 Å². The van der Waals surface area contributed by atoms with Gasteiger partial charge in [0.15, 0.2) is 34.9 Å². The highest BCUT2D eigenvalue weighted by Crippen LogP contribution is 2.39. The van der Waals surface area contributed by atoms with Crippen LogP contribution in [0.4, 0.5) is 13.2 Å². The third-order valence-electron chi connectivity index (χ3n) is 10.9. The van der Waals surface area contributed by atoms with E-state index in [0.717, 1.165) is 78.5 Å². The van der Waals surface area contributed by atoms with Crippen molar-refractivity contribution in [3.8, 4) is 90.6 Å². The van der Waals surface area contributed by atoms with Gasteiger partial charge in [-0.15, -0.1) is 0 Å². The summed E-state index contributed by atoms with van der Waals surface area (Å²) in [5.41, 5.74) is 8.96. The molecular formula is C54H35F3N6. The lowest BCUT2D eigenvalue weighted by Crippen LogP contribution is -2.05. The number of aromatic nitrogens is 6. The second-order valence-electron chi connectivity index (χ2n) is 15.2. The molecule has 63 heavy (non-hydrogen) atoms. The number of halogens is 3. The molecule has 8 aromatic carbocycles. The van der Waals surface area contributed by atoms with E-state index in [2.05, 4.69) is 67.6 Å². The van der Waals surface area contributed by atoms with Crippen molar-refractivity contribution < 1.29 is 13.2 Å². The van der Waals surface area contributed by atoms with Crippen LogP contribution < -0.4 is 0 Å². The smallest absolute Gasteiger partial charge is 0.208 e. The van der Waals surface area contributed by atoms with E-state index < -0.39 is 11.7 Å².